The summed E-state index contributed by atoms with van der Waals surface area (Å²) in [4.78, 5) is 25.0. The number of methoxy groups -OCH3 is 1. The molecular formula is C16H21N5O3. The van der Waals surface area contributed by atoms with Gasteiger partial charge in [-0.05, 0) is 18.2 Å². The summed E-state index contributed by atoms with van der Waals surface area (Å²) >= 11 is 0. The van der Waals surface area contributed by atoms with Gasteiger partial charge in [-0.2, -0.15) is 4.98 Å². The fourth-order valence-corrected chi connectivity index (χ4v) is 2.55. The molecule has 1 N–H and O–H groups in total. The van der Waals surface area contributed by atoms with Gasteiger partial charge in [-0.15, -0.1) is 0 Å². The molecule has 3 heterocycles. The van der Waals surface area contributed by atoms with Crippen molar-refractivity contribution in [2.24, 2.45) is 0 Å². The van der Waals surface area contributed by atoms with Gasteiger partial charge < -0.3 is 24.3 Å². The highest BCUT2D eigenvalue weighted by atomic mass is 16.5. The van der Waals surface area contributed by atoms with E-state index in [0.717, 1.165) is 5.82 Å². The molecule has 8 nitrogen and oxygen atoms in total. The molecule has 24 heavy (non-hydrogen) atoms. The van der Waals surface area contributed by atoms with Crippen LogP contribution in [0.1, 0.15) is 10.6 Å². The van der Waals surface area contributed by atoms with Crippen LogP contribution < -0.4 is 10.2 Å². The number of furan rings is 1. The zero-order valence-electron chi connectivity index (χ0n) is 13.6. The van der Waals surface area contributed by atoms with Gasteiger partial charge in [-0.1, -0.05) is 0 Å². The maximum Gasteiger partial charge on any atom is 0.289 e. The van der Waals surface area contributed by atoms with Crippen LogP contribution in [-0.2, 0) is 4.74 Å². The number of carbonyl (C=O) groups is 1. The second-order valence-electron chi connectivity index (χ2n) is 5.42. The Kier molecular flexibility index (Phi) is 5.27. The van der Waals surface area contributed by atoms with Crippen LogP contribution in [0.15, 0.2) is 35.1 Å². The Morgan fingerprint density at radius 3 is 2.88 bits per heavy atom. The number of ether oxygens (including phenoxy) is 1. The maximum atomic E-state index is 12.3. The van der Waals surface area contributed by atoms with E-state index in [9.17, 15) is 4.79 Å². The van der Waals surface area contributed by atoms with E-state index in [2.05, 4.69) is 20.2 Å². The highest BCUT2D eigenvalue weighted by Gasteiger charge is 2.24. The number of nitrogens with one attached hydrogen (secondary N) is 1. The van der Waals surface area contributed by atoms with Crippen molar-refractivity contribution in [3.8, 4) is 0 Å². The first-order valence-corrected chi connectivity index (χ1v) is 7.91. The van der Waals surface area contributed by atoms with Crippen molar-refractivity contribution >= 4 is 17.7 Å². The molecule has 2 aromatic rings. The quantitative estimate of drug-likeness (QED) is 0.793. The third kappa shape index (κ3) is 3.83. The standard InChI is InChI=1S/C16H21N5O3/c1-23-12-6-17-14-4-5-18-16(19-14)21-9-7-20(8-10-21)15(22)13-3-2-11-24-13/h2-5,11H,6-10,12H2,1H3,(H,17,18,19). The van der Waals surface area contributed by atoms with E-state index < -0.39 is 0 Å². The average Bonchev–Trinajstić information content (AvgIpc) is 3.16. The molecule has 8 heteroatoms. The van der Waals surface area contributed by atoms with Crippen LogP contribution in [0, 0.1) is 0 Å². The van der Waals surface area contributed by atoms with Crippen LogP contribution in [-0.4, -0.2) is 67.2 Å². The lowest BCUT2D eigenvalue weighted by Crippen LogP contribution is -2.49. The number of nitrogens with zero attached hydrogens (tertiary/aromatic N) is 4. The van der Waals surface area contributed by atoms with Gasteiger partial charge >= 0.3 is 0 Å². The Labute approximate surface area is 140 Å². The first kappa shape index (κ1) is 16.3. The zero-order valence-corrected chi connectivity index (χ0v) is 13.6. The van der Waals surface area contributed by atoms with Gasteiger partial charge in [0.15, 0.2) is 5.76 Å². The summed E-state index contributed by atoms with van der Waals surface area (Å²) in [6, 6.07) is 5.24. The summed E-state index contributed by atoms with van der Waals surface area (Å²) in [5.74, 6) is 1.74. The molecule has 1 amide bonds. The molecule has 0 aliphatic carbocycles. The van der Waals surface area contributed by atoms with Crippen LogP contribution in [0.2, 0.25) is 0 Å². The van der Waals surface area contributed by atoms with Gasteiger partial charge in [0.25, 0.3) is 5.91 Å². The Morgan fingerprint density at radius 1 is 1.33 bits per heavy atom. The van der Waals surface area contributed by atoms with Gasteiger partial charge in [0.1, 0.15) is 5.82 Å². The third-order valence-electron chi connectivity index (χ3n) is 3.84. The summed E-state index contributed by atoms with van der Waals surface area (Å²) in [5, 5.41) is 3.19. The first-order valence-electron chi connectivity index (χ1n) is 7.91. The average molecular weight is 331 g/mol. The second-order valence-corrected chi connectivity index (χ2v) is 5.42. The predicted octanol–water partition coefficient (Wildman–Crippen LogP) is 1.09. The number of rotatable bonds is 6. The van der Waals surface area contributed by atoms with E-state index in [0.29, 0.717) is 51.0 Å². The molecule has 0 aromatic carbocycles. The first-order chi connectivity index (χ1) is 11.8. The van der Waals surface area contributed by atoms with Gasteiger partial charge in [0.2, 0.25) is 5.95 Å². The summed E-state index contributed by atoms with van der Waals surface area (Å²) in [6.07, 6.45) is 3.25. The number of aromatic nitrogens is 2. The highest BCUT2D eigenvalue weighted by Crippen LogP contribution is 2.15. The minimum absolute atomic E-state index is 0.0736. The van der Waals surface area contributed by atoms with Gasteiger partial charge in [0, 0.05) is 46.0 Å². The molecule has 3 rings (SSSR count). The number of hydrogen-bond donors (Lipinski definition) is 1. The lowest BCUT2D eigenvalue weighted by atomic mass is 10.3. The lowest BCUT2D eigenvalue weighted by molar-refractivity contribution is 0.0714. The maximum absolute atomic E-state index is 12.3. The van der Waals surface area contributed by atoms with E-state index in [1.807, 2.05) is 6.07 Å². The minimum Gasteiger partial charge on any atom is -0.459 e. The third-order valence-corrected chi connectivity index (χ3v) is 3.84. The Morgan fingerprint density at radius 2 is 2.17 bits per heavy atom. The molecule has 128 valence electrons. The minimum atomic E-state index is -0.0736. The summed E-state index contributed by atoms with van der Waals surface area (Å²) < 4.78 is 10.2. The fraction of sp³-hybridized carbons (Fsp3) is 0.438. The Hall–Kier alpha value is -2.61. The Balaban J connectivity index is 1.56. The molecule has 0 spiro atoms. The molecule has 1 saturated heterocycles. The van der Waals surface area contributed by atoms with Crippen LogP contribution in [0.25, 0.3) is 0 Å². The molecular weight excluding hydrogens is 310 g/mol. The van der Waals surface area contributed by atoms with E-state index >= 15 is 0 Å². The van der Waals surface area contributed by atoms with Crippen LogP contribution >= 0.6 is 0 Å². The lowest BCUT2D eigenvalue weighted by Gasteiger charge is -2.34. The fourth-order valence-electron chi connectivity index (χ4n) is 2.55. The summed E-state index contributed by atoms with van der Waals surface area (Å²) in [7, 11) is 1.66. The van der Waals surface area contributed by atoms with Gasteiger partial charge in [-0.25, -0.2) is 4.98 Å². The number of anilines is 2. The topological polar surface area (TPSA) is 83.7 Å². The zero-order chi connectivity index (χ0) is 16.8. The van der Waals surface area contributed by atoms with E-state index in [1.54, 1.807) is 30.3 Å². The van der Waals surface area contributed by atoms with Gasteiger partial charge in [-0.3, -0.25) is 4.79 Å². The van der Waals surface area contributed by atoms with Crippen molar-refractivity contribution < 1.29 is 13.9 Å². The van der Waals surface area contributed by atoms with Crippen molar-refractivity contribution in [1.29, 1.82) is 0 Å². The van der Waals surface area contributed by atoms with Crippen LogP contribution in [0.5, 0.6) is 0 Å². The van der Waals surface area contributed by atoms with E-state index in [4.69, 9.17) is 9.15 Å². The normalized spacial score (nSPS) is 14.7. The number of hydrogen-bond acceptors (Lipinski definition) is 7. The van der Waals surface area contributed by atoms with Crippen molar-refractivity contribution in [2.75, 3.05) is 56.7 Å². The Bertz CT molecular complexity index is 653. The van der Waals surface area contributed by atoms with E-state index in [1.165, 1.54) is 6.26 Å². The largest absolute Gasteiger partial charge is 0.459 e. The van der Waals surface area contributed by atoms with Crippen molar-refractivity contribution in [3.05, 3.63) is 36.4 Å². The van der Waals surface area contributed by atoms with Crippen molar-refractivity contribution in [2.45, 2.75) is 0 Å². The molecule has 0 saturated carbocycles. The molecule has 0 radical (unpaired) electrons. The second kappa shape index (κ2) is 7.78. The molecule has 0 unspecified atom stereocenters. The molecule has 2 aromatic heterocycles. The molecule has 0 atom stereocenters. The number of piperazine rings is 1. The van der Waals surface area contributed by atoms with Crippen LogP contribution in [0.4, 0.5) is 11.8 Å². The number of carbonyl (C=O) groups excluding carboxylic acids is 1. The smallest absolute Gasteiger partial charge is 0.289 e. The van der Waals surface area contributed by atoms with Gasteiger partial charge in [0.05, 0.1) is 12.9 Å². The summed E-state index contributed by atoms with van der Waals surface area (Å²) in [6.45, 7) is 3.92. The molecule has 1 aliphatic rings. The molecule has 1 aliphatic heterocycles. The number of amides is 1. The SMILES string of the molecule is COCCNc1ccnc(N2CCN(C(=O)c3ccco3)CC2)n1. The van der Waals surface area contributed by atoms with Crippen molar-refractivity contribution in [1.82, 2.24) is 14.9 Å². The van der Waals surface area contributed by atoms with E-state index in [-0.39, 0.29) is 5.91 Å². The van der Waals surface area contributed by atoms with Crippen molar-refractivity contribution in [3.63, 3.8) is 0 Å². The molecule has 0 bridgehead atoms. The van der Waals surface area contributed by atoms with Crippen LogP contribution in [0.3, 0.4) is 0 Å². The summed E-state index contributed by atoms with van der Waals surface area (Å²) in [5.41, 5.74) is 0. The monoisotopic (exact) mass is 331 g/mol. The highest BCUT2D eigenvalue weighted by molar-refractivity contribution is 5.91. The predicted molar refractivity (Wildman–Crippen MR) is 89.2 cm³/mol. The molecule has 1 fully saturated rings.